The lowest BCUT2D eigenvalue weighted by Crippen LogP contribution is -2.19. The lowest BCUT2D eigenvalue weighted by molar-refractivity contribution is 0.0396. The zero-order valence-corrected chi connectivity index (χ0v) is 9.82. The summed E-state index contributed by atoms with van der Waals surface area (Å²) in [6, 6.07) is 7.71. The summed E-state index contributed by atoms with van der Waals surface area (Å²) in [5.74, 6) is 0. The van der Waals surface area contributed by atoms with E-state index < -0.39 is 6.23 Å². The summed E-state index contributed by atoms with van der Waals surface area (Å²) in [4.78, 5) is 1.76. The number of hydrogen-bond acceptors (Lipinski definition) is 3. The minimum absolute atomic E-state index is 0.537. The monoisotopic (exact) mass is 292 g/mol. The van der Waals surface area contributed by atoms with Gasteiger partial charge in [-0.3, -0.25) is 4.90 Å². The summed E-state index contributed by atoms with van der Waals surface area (Å²) < 4.78 is 3.00. The molecule has 0 saturated heterocycles. The molecule has 2 N–H and O–H groups in total. The lowest BCUT2D eigenvalue weighted by atomic mass is 10.1. The molecular formula is C9H13IN2O. The molecule has 72 valence electrons. The minimum Gasteiger partial charge on any atom is -0.374 e. The van der Waals surface area contributed by atoms with Crippen molar-refractivity contribution in [3.63, 3.8) is 0 Å². The highest BCUT2D eigenvalue weighted by molar-refractivity contribution is 14.1. The Morgan fingerprint density at radius 3 is 2.69 bits per heavy atom. The smallest absolute Gasteiger partial charge is 0.133 e. The molecular weight excluding hydrogens is 279 g/mol. The zero-order valence-electron chi connectivity index (χ0n) is 7.66. The molecule has 3 nitrogen and oxygen atoms in total. The minimum atomic E-state index is -0.537. The number of benzene rings is 1. The van der Waals surface area contributed by atoms with Crippen LogP contribution in [0.15, 0.2) is 24.3 Å². The third-order valence-corrected chi connectivity index (χ3v) is 2.41. The maximum Gasteiger partial charge on any atom is 0.133 e. The van der Waals surface area contributed by atoms with Gasteiger partial charge in [0, 0.05) is 5.69 Å². The van der Waals surface area contributed by atoms with Crippen molar-refractivity contribution in [2.75, 3.05) is 17.6 Å². The Labute approximate surface area is 92.2 Å². The summed E-state index contributed by atoms with van der Waals surface area (Å²) in [6.45, 7) is 0. The molecule has 0 aliphatic rings. The van der Waals surface area contributed by atoms with Crippen LogP contribution in [0.3, 0.4) is 0 Å². The first-order chi connectivity index (χ1) is 6.15. The van der Waals surface area contributed by atoms with Crippen molar-refractivity contribution >= 4 is 28.6 Å². The van der Waals surface area contributed by atoms with E-state index in [1.807, 2.05) is 38.4 Å². The van der Waals surface area contributed by atoms with Crippen molar-refractivity contribution < 1.29 is 5.11 Å². The van der Waals surface area contributed by atoms with Crippen LogP contribution in [0.2, 0.25) is 0 Å². The molecule has 1 atom stereocenters. The summed E-state index contributed by atoms with van der Waals surface area (Å²) in [5.41, 5.74) is 1.89. The van der Waals surface area contributed by atoms with Crippen LogP contribution in [-0.4, -0.2) is 24.1 Å². The van der Waals surface area contributed by atoms with E-state index in [4.69, 9.17) is 0 Å². The Balaban J connectivity index is 2.88. The molecule has 0 aromatic heterocycles. The van der Waals surface area contributed by atoms with E-state index in [-0.39, 0.29) is 0 Å². The van der Waals surface area contributed by atoms with Crippen molar-refractivity contribution in [1.82, 2.24) is 4.90 Å². The van der Waals surface area contributed by atoms with Gasteiger partial charge in [0.05, 0.1) is 22.9 Å². The largest absolute Gasteiger partial charge is 0.374 e. The van der Waals surface area contributed by atoms with Crippen LogP contribution in [-0.2, 0) is 0 Å². The van der Waals surface area contributed by atoms with E-state index in [2.05, 4.69) is 26.4 Å². The van der Waals surface area contributed by atoms with E-state index in [1.165, 1.54) is 0 Å². The first-order valence-electron chi connectivity index (χ1n) is 3.96. The molecule has 0 heterocycles. The Kier molecular flexibility index (Phi) is 3.95. The topological polar surface area (TPSA) is 35.5 Å². The molecule has 1 rings (SSSR count). The molecule has 0 bridgehead atoms. The van der Waals surface area contributed by atoms with Gasteiger partial charge in [0.2, 0.25) is 0 Å². The first kappa shape index (κ1) is 10.7. The fraction of sp³-hybridized carbons (Fsp3) is 0.333. The van der Waals surface area contributed by atoms with E-state index in [9.17, 15) is 5.11 Å². The highest BCUT2D eigenvalue weighted by Crippen LogP contribution is 2.19. The summed E-state index contributed by atoms with van der Waals surface area (Å²) in [7, 11) is 3.68. The number of halogens is 1. The molecule has 0 amide bonds. The summed E-state index contributed by atoms with van der Waals surface area (Å²) in [6.07, 6.45) is -0.537. The predicted molar refractivity (Wildman–Crippen MR) is 62.7 cm³/mol. The molecule has 0 spiro atoms. The quantitative estimate of drug-likeness (QED) is 0.508. The third kappa shape index (κ3) is 2.82. The second-order valence-corrected chi connectivity index (χ2v) is 3.60. The molecule has 1 aromatic rings. The van der Waals surface area contributed by atoms with Gasteiger partial charge in [-0.05, 0) is 31.8 Å². The van der Waals surface area contributed by atoms with Crippen molar-refractivity contribution in [3.8, 4) is 0 Å². The SMILES string of the molecule is CN(C)C(O)c1cccc(NI)c1. The maximum atomic E-state index is 9.71. The van der Waals surface area contributed by atoms with Crippen molar-refractivity contribution in [2.24, 2.45) is 0 Å². The van der Waals surface area contributed by atoms with Gasteiger partial charge in [0.25, 0.3) is 0 Å². The van der Waals surface area contributed by atoms with Gasteiger partial charge in [-0.25, -0.2) is 0 Å². The standard InChI is InChI=1S/C9H13IN2O/c1-12(2)9(13)7-4-3-5-8(6-7)11-10/h3-6,9,11,13H,1-2H3. The third-order valence-electron chi connectivity index (χ3n) is 1.78. The Bertz CT molecular complexity index is 278. The molecule has 0 saturated carbocycles. The second-order valence-electron chi connectivity index (χ2n) is 3.06. The number of hydrogen-bond donors (Lipinski definition) is 2. The molecule has 4 heteroatoms. The van der Waals surface area contributed by atoms with Crippen LogP contribution < -0.4 is 3.53 Å². The number of rotatable bonds is 3. The van der Waals surface area contributed by atoms with Gasteiger partial charge in [-0.1, -0.05) is 12.1 Å². The van der Waals surface area contributed by atoms with Gasteiger partial charge in [-0.15, -0.1) is 0 Å². The van der Waals surface area contributed by atoms with Gasteiger partial charge in [-0.2, -0.15) is 0 Å². The zero-order chi connectivity index (χ0) is 9.84. The van der Waals surface area contributed by atoms with Crippen LogP contribution in [0.5, 0.6) is 0 Å². The predicted octanol–water partition coefficient (Wildman–Crippen LogP) is 2.00. The van der Waals surface area contributed by atoms with Crippen LogP contribution in [0, 0.1) is 0 Å². The van der Waals surface area contributed by atoms with Crippen molar-refractivity contribution in [3.05, 3.63) is 29.8 Å². The fourth-order valence-corrected chi connectivity index (χ4v) is 1.39. The van der Waals surface area contributed by atoms with E-state index in [1.54, 1.807) is 4.90 Å². The molecule has 1 unspecified atom stereocenters. The molecule has 0 aliphatic heterocycles. The molecule has 0 aliphatic carbocycles. The Morgan fingerprint density at radius 2 is 2.15 bits per heavy atom. The van der Waals surface area contributed by atoms with Gasteiger partial charge in [0.15, 0.2) is 0 Å². The van der Waals surface area contributed by atoms with Crippen LogP contribution in [0.1, 0.15) is 11.8 Å². The van der Waals surface area contributed by atoms with E-state index >= 15 is 0 Å². The van der Waals surface area contributed by atoms with Crippen LogP contribution in [0.25, 0.3) is 0 Å². The van der Waals surface area contributed by atoms with Crippen LogP contribution >= 0.6 is 22.9 Å². The van der Waals surface area contributed by atoms with Gasteiger partial charge in [0.1, 0.15) is 6.23 Å². The fourth-order valence-electron chi connectivity index (χ4n) is 1.06. The van der Waals surface area contributed by atoms with Crippen molar-refractivity contribution in [1.29, 1.82) is 0 Å². The number of aliphatic hydroxyl groups excluding tert-OH is 1. The number of nitrogens with one attached hydrogen (secondary N) is 1. The average Bonchev–Trinajstić information content (AvgIpc) is 2.16. The molecule has 1 aromatic carbocycles. The van der Waals surface area contributed by atoms with Crippen LogP contribution in [0.4, 0.5) is 5.69 Å². The Morgan fingerprint density at radius 1 is 1.46 bits per heavy atom. The summed E-state index contributed by atoms with van der Waals surface area (Å²) >= 11 is 2.07. The number of anilines is 1. The molecule has 0 radical (unpaired) electrons. The molecule has 13 heavy (non-hydrogen) atoms. The highest BCUT2D eigenvalue weighted by Gasteiger charge is 2.09. The van der Waals surface area contributed by atoms with E-state index in [0.717, 1.165) is 11.3 Å². The normalized spacial score (nSPS) is 13.0. The van der Waals surface area contributed by atoms with Gasteiger partial charge < -0.3 is 8.64 Å². The second kappa shape index (κ2) is 4.78. The van der Waals surface area contributed by atoms with Gasteiger partial charge >= 0.3 is 0 Å². The molecule has 0 fully saturated rings. The highest BCUT2D eigenvalue weighted by atomic mass is 127. The average molecular weight is 292 g/mol. The van der Waals surface area contributed by atoms with E-state index in [0.29, 0.717) is 0 Å². The number of nitrogens with zero attached hydrogens (tertiary/aromatic N) is 1. The van der Waals surface area contributed by atoms with Crippen molar-refractivity contribution in [2.45, 2.75) is 6.23 Å². The number of aliphatic hydroxyl groups is 1. The summed E-state index contributed by atoms with van der Waals surface area (Å²) in [5, 5.41) is 9.71. The Hall–Kier alpha value is -0.330. The maximum absolute atomic E-state index is 9.71. The lowest BCUT2D eigenvalue weighted by Gasteiger charge is -2.18. The first-order valence-corrected chi connectivity index (χ1v) is 5.04.